The van der Waals surface area contributed by atoms with Crippen LogP contribution in [0.15, 0.2) is 58.5 Å². The zero-order chi connectivity index (χ0) is 20.6. The number of hydrogen-bond acceptors (Lipinski definition) is 4. The van der Waals surface area contributed by atoms with Crippen LogP contribution in [0.2, 0.25) is 0 Å². The molecule has 0 bridgehead atoms. The monoisotopic (exact) mass is 403 g/mol. The molecule has 2 rings (SSSR count). The quantitative estimate of drug-likeness (QED) is 0.520. The van der Waals surface area contributed by atoms with E-state index in [0.717, 1.165) is 24.2 Å². The molecule has 1 aromatic carbocycles. The van der Waals surface area contributed by atoms with Gasteiger partial charge in [0.25, 0.3) is 0 Å². The van der Waals surface area contributed by atoms with Crippen molar-refractivity contribution < 1.29 is 8.42 Å². The van der Waals surface area contributed by atoms with Gasteiger partial charge in [-0.3, -0.25) is 9.98 Å². The van der Waals surface area contributed by atoms with Crippen molar-refractivity contribution in [3.8, 4) is 0 Å². The maximum Gasteiger partial charge on any atom is 0.243 e. The molecule has 152 valence electrons. The first-order valence-electron chi connectivity index (χ1n) is 9.26. The second-order valence-corrected chi connectivity index (χ2v) is 8.68. The van der Waals surface area contributed by atoms with E-state index in [1.807, 2.05) is 44.2 Å². The van der Waals surface area contributed by atoms with E-state index in [0.29, 0.717) is 17.4 Å². The van der Waals surface area contributed by atoms with Crippen LogP contribution in [0.1, 0.15) is 25.1 Å². The van der Waals surface area contributed by atoms with Crippen LogP contribution in [0.5, 0.6) is 0 Å². The SMILES string of the molecule is CN=C(NCCc1ccccn1)NCc1ccc(S(=O)(=O)N(C)C(C)C)cc1. The summed E-state index contributed by atoms with van der Waals surface area (Å²) < 4.78 is 26.4. The molecule has 28 heavy (non-hydrogen) atoms. The number of sulfonamides is 1. The predicted molar refractivity (Wildman–Crippen MR) is 113 cm³/mol. The molecule has 0 saturated carbocycles. The minimum Gasteiger partial charge on any atom is -0.356 e. The molecule has 0 atom stereocenters. The molecule has 0 amide bonds. The number of guanidine groups is 1. The van der Waals surface area contributed by atoms with Crippen LogP contribution in [-0.2, 0) is 23.0 Å². The van der Waals surface area contributed by atoms with Gasteiger partial charge in [-0.1, -0.05) is 18.2 Å². The molecule has 0 aliphatic rings. The minimum atomic E-state index is -3.46. The second-order valence-electron chi connectivity index (χ2n) is 6.68. The first kappa shape index (κ1) is 21.8. The topological polar surface area (TPSA) is 86.7 Å². The summed E-state index contributed by atoms with van der Waals surface area (Å²) in [6.07, 6.45) is 2.59. The highest BCUT2D eigenvalue weighted by Gasteiger charge is 2.22. The third kappa shape index (κ3) is 6.03. The van der Waals surface area contributed by atoms with E-state index < -0.39 is 10.0 Å². The Morgan fingerprint density at radius 2 is 1.86 bits per heavy atom. The molecule has 0 unspecified atom stereocenters. The molecule has 2 aromatic rings. The normalized spacial score (nSPS) is 12.4. The molecule has 1 aromatic heterocycles. The maximum atomic E-state index is 12.5. The van der Waals surface area contributed by atoms with Gasteiger partial charge in [0, 0.05) is 51.5 Å². The lowest BCUT2D eigenvalue weighted by Gasteiger charge is -2.21. The van der Waals surface area contributed by atoms with Crippen LogP contribution in [0.3, 0.4) is 0 Å². The molecule has 0 fully saturated rings. The fraction of sp³-hybridized carbons (Fsp3) is 0.400. The minimum absolute atomic E-state index is 0.0909. The van der Waals surface area contributed by atoms with Gasteiger partial charge < -0.3 is 10.6 Å². The summed E-state index contributed by atoms with van der Waals surface area (Å²) in [6, 6.07) is 12.7. The number of benzene rings is 1. The van der Waals surface area contributed by atoms with Gasteiger partial charge in [-0.05, 0) is 43.7 Å². The molecule has 0 radical (unpaired) electrons. The van der Waals surface area contributed by atoms with E-state index in [9.17, 15) is 8.42 Å². The van der Waals surface area contributed by atoms with Gasteiger partial charge in [-0.15, -0.1) is 0 Å². The van der Waals surface area contributed by atoms with Crippen LogP contribution < -0.4 is 10.6 Å². The van der Waals surface area contributed by atoms with Crippen molar-refractivity contribution in [2.45, 2.75) is 37.8 Å². The third-order valence-corrected chi connectivity index (χ3v) is 6.46. The van der Waals surface area contributed by atoms with Crippen LogP contribution in [0, 0.1) is 0 Å². The highest BCUT2D eigenvalue weighted by molar-refractivity contribution is 7.89. The lowest BCUT2D eigenvalue weighted by Crippen LogP contribution is -2.38. The first-order valence-corrected chi connectivity index (χ1v) is 10.7. The van der Waals surface area contributed by atoms with Crippen molar-refractivity contribution >= 4 is 16.0 Å². The lowest BCUT2D eigenvalue weighted by atomic mass is 10.2. The Morgan fingerprint density at radius 1 is 1.14 bits per heavy atom. The van der Waals surface area contributed by atoms with Crippen molar-refractivity contribution in [1.82, 2.24) is 19.9 Å². The largest absolute Gasteiger partial charge is 0.356 e. The molecule has 0 aliphatic heterocycles. The van der Waals surface area contributed by atoms with Crippen LogP contribution in [0.4, 0.5) is 0 Å². The van der Waals surface area contributed by atoms with E-state index in [2.05, 4.69) is 20.6 Å². The molecular weight excluding hydrogens is 374 g/mol. The third-order valence-electron chi connectivity index (χ3n) is 4.41. The zero-order valence-electron chi connectivity index (χ0n) is 16.9. The number of nitrogens with one attached hydrogen (secondary N) is 2. The molecule has 1 heterocycles. The Morgan fingerprint density at radius 3 is 2.43 bits per heavy atom. The Hall–Kier alpha value is -2.45. The van der Waals surface area contributed by atoms with Gasteiger partial charge in [0.1, 0.15) is 0 Å². The summed E-state index contributed by atoms with van der Waals surface area (Å²) >= 11 is 0. The van der Waals surface area contributed by atoms with Crippen molar-refractivity contribution in [2.75, 3.05) is 20.6 Å². The summed E-state index contributed by atoms with van der Waals surface area (Å²) in [5, 5.41) is 6.48. The summed E-state index contributed by atoms with van der Waals surface area (Å²) in [6.45, 7) is 4.96. The van der Waals surface area contributed by atoms with Gasteiger partial charge in [0.2, 0.25) is 10.0 Å². The van der Waals surface area contributed by atoms with E-state index in [1.54, 1.807) is 32.4 Å². The van der Waals surface area contributed by atoms with Crippen LogP contribution in [-0.4, -0.2) is 50.3 Å². The Labute approximate surface area is 168 Å². The highest BCUT2D eigenvalue weighted by atomic mass is 32.2. The number of pyridine rings is 1. The molecule has 0 saturated heterocycles. The van der Waals surface area contributed by atoms with Crippen LogP contribution in [0.25, 0.3) is 0 Å². The zero-order valence-corrected chi connectivity index (χ0v) is 17.7. The van der Waals surface area contributed by atoms with Gasteiger partial charge in [0.05, 0.1) is 4.90 Å². The van der Waals surface area contributed by atoms with E-state index >= 15 is 0 Å². The Bertz CT molecular complexity index is 865. The molecule has 0 aliphatic carbocycles. The Kier molecular flexibility index (Phi) is 7.95. The van der Waals surface area contributed by atoms with Crippen molar-refractivity contribution in [1.29, 1.82) is 0 Å². The highest BCUT2D eigenvalue weighted by Crippen LogP contribution is 2.17. The summed E-state index contributed by atoms with van der Waals surface area (Å²) in [5.74, 6) is 0.687. The summed E-state index contributed by atoms with van der Waals surface area (Å²) in [5.41, 5.74) is 1.99. The van der Waals surface area contributed by atoms with Crippen molar-refractivity contribution in [2.24, 2.45) is 4.99 Å². The second kappa shape index (κ2) is 10.2. The average Bonchev–Trinajstić information content (AvgIpc) is 2.71. The fourth-order valence-electron chi connectivity index (χ4n) is 2.48. The predicted octanol–water partition coefficient (Wildman–Crippen LogP) is 2.02. The standard InChI is InChI=1S/C20H29N5O2S/c1-16(2)25(4)28(26,27)19-10-8-17(9-11-19)15-24-20(21-3)23-14-12-18-7-5-6-13-22-18/h5-11,13,16H,12,14-15H2,1-4H3,(H2,21,23,24). The first-order chi connectivity index (χ1) is 13.3. The van der Waals surface area contributed by atoms with E-state index in [-0.39, 0.29) is 6.04 Å². The van der Waals surface area contributed by atoms with E-state index in [4.69, 9.17) is 0 Å². The van der Waals surface area contributed by atoms with Crippen molar-refractivity contribution in [3.63, 3.8) is 0 Å². The number of aromatic nitrogens is 1. The van der Waals surface area contributed by atoms with Crippen molar-refractivity contribution in [3.05, 3.63) is 59.9 Å². The average molecular weight is 404 g/mol. The lowest BCUT2D eigenvalue weighted by molar-refractivity contribution is 0.410. The van der Waals surface area contributed by atoms with Gasteiger partial charge in [-0.2, -0.15) is 4.31 Å². The molecule has 0 spiro atoms. The number of hydrogen-bond donors (Lipinski definition) is 2. The number of aliphatic imine (C=N–C) groups is 1. The fourth-order valence-corrected chi connectivity index (χ4v) is 3.85. The summed E-state index contributed by atoms with van der Waals surface area (Å²) in [4.78, 5) is 8.80. The Balaban J connectivity index is 1.87. The van der Waals surface area contributed by atoms with Gasteiger partial charge in [0.15, 0.2) is 5.96 Å². The van der Waals surface area contributed by atoms with Gasteiger partial charge >= 0.3 is 0 Å². The molecular formula is C20H29N5O2S. The van der Waals surface area contributed by atoms with Gasteiger partial charge in [-0.25, -0.2) is 8.42 Å². The smallest absolute Gasteiger partial charge is 0.243 e. The molecule has 7 nitrogen and oxygen atoms in total. The number of rotatable bonds is 8. The molecule has 2 N–H and O–H groups in total. The van der Waals surface area contributed by atoms with E-state index in [1.165, 1.54) is 4.31 Å². The van der Waals surface area contributed by atoms with Crippen LogP contribution >= 0.6 is 0 Å². The number of nitrogens with zero attached hydrogens (tertiary/aromatic N) is 3. The maximum absolute atomic E-state index is 12.5. The molecule has 8 heteroatoms. The summed E-state index contributed by atoms with van der Waals surface area (Å²) in [7, 11) is -0.149.